The van der Waals surface area contributed by atoms with Gasteiger partial charge in [-0.25, -0.2) is 0 Å². The van der Waals surface area contributed by atoms with Gasteiger partial charge in [0.25, 0.3) is 0 Å². The average molecular weight is 392 g/mol. The van der Waals surface area contributed by atoms with Crippen LogP contribution in [-0.2, 0) is 35.0 Å². The molecule has 0 amide bonds. The van der Waals surface area contributed by atoms with Crippen LogP contribution in [0.1, 0.15) is 37.8 Å². The first kappa shape index (κ1) is 18.6. The standard InChI is InChI=1S/2C7H7.2C3H7O.Zr/c2*1-7-5-3-2-4-6-7;2*1-2-3-4;/h2*2-6H,1H2;2*2-3H2,1H3;/q;;2*-1;+2. The van der Waals surface area contributed by atoms with Crippen LogP contribution in [0, 0.1) is 0 Å². The second kappa shape index (κ2) is 10.2. The molecule has 0 atom stereocenters. The van der Waals surface area contributed by atoms with Crippen LogP contribution in [0.3, 0.4) is 0 Å². The second-order valence-corrected chi connectivity index (χ2v) is 13.6. The number of hydrogen-bond acceptors (Lipinski definition) is 2. The monoisotopic (exact) mass is 390 g/mol. The predicted molar refractivity (Wildman–Crippen MR) is 92.8 cm³/mol. The molecule has 0 aliphatic carbocycles. The molecule has 0 fully saturated rings. The van der Waals surface area contributed by atoms with E-state index in [1.165, 1.54) is 11.1 Å². The Labute approximate surface area is 146 Å². The maximum absolute atomic E-state index is 6.48. The van der Waals surface area contributed by atoms with Gasteiger partial charge in [-0.15, -0.1) is 0 Å². The summed E-state index contributed by atoms with van der Waals surface area (Å²) in [4.78, 5) is 0. The second-order valence-electron chi connectivity index (χ2n) is 5.93. The van der Waals surface area contributed by atoms with Crippen LogP contribution in [0.15, 0.2) is 60.7 Å². The molecule has 0 aromatic heterocycles. The summed E-state index contributed by atoms with van der Waals surface area (Å²) in [6.07, 6.45) is 2.08. The first-order chi connectivity index (χ1) is 11.3. The van der Waals surface area contributed by atoms with Gasteiger partial charge in [0.15, 0.2) is 0 Å². The molecule has 2 nitrogen and oxygen atoms in total. The van der Waals surface area contributed by atoms with Crippen LogP contribution in [-0.4, -0.2) is 13.2 Å². The van der Waals surface area contributed by atoms with Gasteiger partial charge in [0, 0.05) is 0 Å². The van der Waals surface area contributed by atoms with Gasteiger partial charge in [0.05, 0.1) is 0 Å². The van der Waals surface area contributed by atoms with E-state index in [-0.39, 0.29) is 0 Å². The molecule has 0 bridgehead atoms. The Morgan fingerprint density at radius 1 is 0.652 bits per heavy atom. The molecule has 2 aromatic carbocycles. The molecule has 0 unspecified atom stereocenters. The van der Waals surface area contributed by atoms with E-state index in [1.807, 2.05) is 0 Å². The molecule has 2 aromatic rings. The van der Waals surface area contributed by atoms with E-state index in [1.54, 1.807) is 0 Å². The molecule has 0 heterocycles. The van der Waals surface area contributed by atoms with Crippen LogP contribution in [0.5, 0.6) is 0 Å². The van der Waals surface area contributed by atoms with Crippen LogP contribution in [0.25, 0.3) is 0 Å². The Morgan fingerprint density at radius 3 is 1.39 bits per heavy atom. The number of hydrogen-bond donors (Lipinski definition) is 0. The fourth-order valence-corrected chi connectivity index (χ4v) is 11.3. The van der Waals surface area contributed by atoms with Crippen LogP contribution in [0.2, 0.25) is 0 Å². The molecule has 0 saturated carbocycles. The summed E-state index contributed by atoms with van der Waals surface area (Å²) in [7, 11) is 0. The number of benzene rings is 2. The summed E-state index contributed by atoms with van der Waals surface area (Å²) in [5.74, 6) is 0. The summed E-state index contributed by atoms with van der Waals surface area (Å²) in [6.45, 7) is 5.95. The van der Waals surface area contributed by atoms with E-state index in [0.717, 1.165) is 34.3 Å². The van der Waals surface area contributed by atoms with Crippen molar-refractivity contribution >= 4 is 0 Å². The SMILES string of the molecule is CCC[O][Zr]([CH2]c1ccccc1)([CH2]c1ccccc1)[O]CCC. The van der Waals surface area contributed by atoms with Crippen molar-refractivity contribution in [3.8, 4) is 0 Å². The normalized spacial score (nSPS) is 11.6. The zero-order valence-corrected chi connectivity index (χ0v) is 16.8. The molecule has 2 rings (SSSR count). The van der Waals surface area contributed by atoms with Crippen molar-refractivity contribution in [3.63, 3.8) is 0 Å². The molecule has 3 heteroatoms. The van der Waals surface area contributed by atoms with Crippen molar-refractivity contribution in [2.24, 2.45) is 0 Å². The minimum atomic E-state index is -3.21. The maximum atomic E-state index is 6.48. The van der Waals surface area contributed by atoms with Crippen LogP contribution < -0.4 is 0 Å². The quantitative estimate of drug-likeness (QED) is 0.552. The molecule has 0 saturated heterocycles. The Morgan fingerprint density at radius 2 is 1.04 bits per heavy atom. The Kier molecular flexibility index (Phi) is 8.22. The molecule has 0 aliphatic heterocycles. The molecule has 23 heavy (non-hydrogen) atoms. The van der Waals surface area contributed by atoms with E-state index in [2.05, 4.69) is 74.5 Å². The average Bonchev–Trinajstić information content (AvgIpc) is 2.60. The van der Waals surface area contributed by atoms with Gasteiger partial charge in [-0.1, -0.05) is 0 Å². The fraction of sp³-hybridized carbons (Fsp3) is 0.400. The van der Waals surface area contributed by atoms with Gasteiger partial charge in [-0.05, 0) is 0 Å². The summed E-state index contributed by atoms with van der Waals surface area (Å²) in [6, 6.07) is 21.3. The van der Waals surface area contributed by atoms with Crippen molar-refractivity contribution in [1.29, 1.82) is 0 Å². The van der Waals surface area contributed by atoms with Crippen molar-refractivity contribution in [2.75, 3.05) is 13.2 Å². The minimum absolute atomic E-state index is 0.805. The van der Waals surface area contributed by atoms with Gasteiger partial charge >= 0.3 is 147 Å². The van der Waals surface area contributed by atoms with E-state index in [9.17, 15) is 0 Å². The Hall–Kier alpha value is -0.757. The van der Waals surface area contributed by atoms with Gasteiger partial charge in [-0.2, -0.15) is 0 Å². The third kappa shape index (κ3) is 6.33. The summed E-state index contributed by atoms with van der Waals surface area (Å²) in [5, 5.41) is 0. The Balaban J connectivity index is 2.24. The van der Waals surface area contributed by atoms with Crippen LogP contribution in [0.4, 0.5) is 0 Å². The van der Waals surface area contributed by atoms with Crippen LogP contribution >= 0.6 is 0 Å². The summed E-state index contributed by atoms with van der Waals surface area (Å²) < 4.78 is 14.9. The molecule has 0 aliphatic rings. The van der Waals surface area contributed by atoms with Crippen molar-refractivity contribution in [3.05, 3.63) is 71.8 Å². The zero-order valence-electron chi connectivity index (χ0n) is 14.3. The first-order valence-corrected chi connectivity index (χ1v) is 14.1. The topological polar surface area (TPSA) is 18.5 Å². The fourth-order valence-electron chi connectivity index (χ4n) is 2.70. The van der Waals surface area contributed by atoms with Crippen molar-refractivity contribution in [1.82, 2.24) is 0 Å². The predicted octanol–water partition coefficient (Wildman–Crippen LogP) is 5.22. The molecule has 124 valence electrons. The third-order valence-electron chi connectivity index (χ3n) is 3.77. The first-order valence-electron chi connectivity index (χ1n) is 8.64. The molecule has 0 N–H and O–H groups in total. The third-order valence-corrected chi connectivity index (χ3v) is 12.0. The van der Waals surface area contributed by atoms with Gasteiger partial charge in [-0.3, -0.25) is 0 Å². The Bertz CT molecular complexity index is 491. The molecular formula is C20H28O2Zr. The van der Waals surface area contributed by atoms with E-state index in [0.29, 0.717) is 0 Å². The van der Waals surface area contributed by atoms with Gasteiger partial charge < -0.3 is 0 Å². The van der Waals surface area contributed by atoms with Crippen molar-refractivity contribution < 1.29 is 26.8 Å². The molecule has 0 spiro atoms. The molecule has 0 radical (unpaired) electrons. The van der Waals surface area contributed by atoms with Gasteiger partial charge in [0.2, 0.25) is 0 Å². The summed E-state index contributed by atoms with van der Waals surface area (Å²) >= 11 is -3.21. The molecular weight excluding hydrogens is 363 g/mol. The van der Waals surface area contributed by atoms with E-state index in [4.69, 9.17) is 5.63 Å². The van der Waals surface area contributed by atoms with E-state index < -0.39 is 21.1 Å². The van der Waals surface area contributed by atoms with Crippen molar-refractivity contribution in [2.45, 2.75) is 34.9 Å². The van der Waals surface area contributed by atoms with E-state index >= 15 is 0 Å². The number of rotatable bonds is 10. The summed E-state index contributed by atoms with van der Waals surface area (Å²) in [5.41, 5.74) is 2.68. The van der Waals surface area contributed by atoms with Gasteiger partial charge in [0.1, 0.15) is 0 Å². The zero-order chi connectivity index (χ0) is 16.4.